The summed E-state index contributed by atoms with van der Waals surface area (Å²) >= 11 is 0. The highest BCUT2D eigenvalue weighted by atomic mass is 32.2. The first kappa shape index (κ1) is 15.2. The normalized spacial score (nSPS) is 11.7. The monoisotopic (exact) mass is 284 g/mol. The molecule has 0 saturated heterocycles. The van der Waals surface area contributed by atoms with E-state index < -0.39 is 22.8 Å². The molecule has 0 aliphatic carbocycles. The SMILES string of the molecule is Cc1c(NC(=O)NCCS(C)=O)cccc1C(=O)O. The highest BCUT2D eigenvalue weighted by molar-refractivity contribution is 7.84. The molecule has 104 valence electrons. The van der Waals surface area contributed by atoms with Gasteiger partial charge < -0.3 is 15.7 Å². The average molecular weight is 284 g/mol. The number of carboxylic acid groups (broad SMARTS) is 1. The summed E-state index contributed by atoms with van der Waals surface area (Å²) in [6.07, 6.45) is 1.56. The van der Waals surface area contributed by atoms with Crippen LogP contribution in [0.25, 0.3) is 0 Å². The van der Waals surface area contributed by atoms with Gasteiger partial charge in [0.2, 0.25) is 0 Å². The van der Waals surface area contributed by atoms with Crippen molar-refractivity contribution in [1.29, 1.82) is 0 Å². The minimum Gasteiger partial charge on any atom is -0.478 e. The summed E-state index contributed by atoms with van der Waals surface area (Å²) in [6, 6.07) is 4.21. The topological polar surface area (TPSA) is 95.5 Å². The Morgan fingerprint density at radius 3 is 2.63 bits per heavy atom. The van der Waals surface area contributed by atoms with Crippen LogP contribution < -0.4 is 10.6 Å². The Hall–Kier alpha value is -1.89. The number of rotatable bonds is 5. The Morgan fingerprint density at radius 2 is 2.05 bits per heavy atom. The molecule has 0 aromatic heterocycles. The van der Waals surface area contributed by atoms with Gasteiger partial charge in [-0.15, -0.1) is 0 Å². The van der Waals surface area contributed by atoms with Gasteiger partial charge in [-0.3, -0.25) is 4.21 Å². The van der Waals surface area contributed by atoms with Crippen molar-refractivity contribution in [2.45, 2.75) is 6.92 Å². The Morgan fingerprint density at radius 1 is 1.37 bits per heavy atom. The van der Waals surface area contributed by atoms with Crippen LogP contribution in [0.2, 0.25) is 0 Å². The van der Waals surface area contributed by atoms with E-state index in [1.54, 1.807) is 25.3 Å². The van der Waals surface area contributed by atoms with Gasteiger partial charge in [0.1, 0.15) is 0 Å². The van der Waals surface area contributed by atoms with Gasteiger partial charge in [-0.2, -0.15) is 0 Å². The molecule has 0 bridgehead atoms. The van der Waals surface area contributed by atoms with Gasteiger partial charge in [0, 0.05) is 35.0 Å². The molecular formula is C12H16N2O4S. The van der Waals surface area contributed by atoms with Gasteiger partial charge in [-0.1, -0.05) is 6.07 Å². The molecule has 3 N–H and O–H groups in total. The first-order valence-corrected chi connectivity index (χ1v) is 7.32. The van der Waals surface area contributed by atoms with Crippen molar-refractivity contribution in [3.8, 4) is 0 Å². The fourth-order valence-electron chi connectivity index (χ4n) is 1.48. The molecular weight excluding hydrogens is 268 g/mol. The number of nitrogens with one attached hydrogen (secondary N) is 2. The third-order valence-electron chi connectivity index (χ3n) is 2.49. The van der Waals surface area contributed by atoms with Crippen molar-refractivity contribution in [3.63, 3.8) is 0 Å². The summed E-state index contributed by atoms with van der Waals surface area (Å²) < 4.78 is 10.8. The van der Waals surface area contributed by atoms with Crippen LogP contribution in [0.15, 0.2) is 18.2 Å². The summed E-state index contributed by atoms with van der Waals surface area (Å²) in [5, 5.41) is 14.1. The molecule has 1 unspecified atom stereocenters. The lowest BCUT2D eigenvalue weighted by atomic mass is 10.1. The highest BCUT2D eigenvalue weighted by Crippen LogP contribution is 2.18. The lowest BCUT2D eigenvalue weighted by Gasteiger charge is -2.11. The summed E-state index contributed by atoms with van der Waals surface area (Å²) in [4.78, 5) is 22.5. The molecule has 0 aliphatic rings. The third kappa shape index (κ3) is 4.70. The van der Waals surface area contributed by atoms with E-state index in [1.807, 2.05) is 0 Å². The van der Waals surface area contributed by atoms with Gasteiger partial charge >= 0.3 is 12.0 Å². The largest absolute Gasteiger partial charge is 0.478 e. The number of carbonyl (C=O) groups is 2. The lowest BCUT2D eigenvalue weighted by Crippen LogP contribution is -2.32. The standard InChI is InChI=1S/C12H16N2O4S/c1-8-9(11(15)16)4-3-5-10(8)14-12(17)13-6-7-19(2)18/h3-5H,6-7H2,1-2H3,(H,15,16)(H2,13,14,17). The van der Waals surface area contributed by atoms with Crippen LogP contribution in [-0.2, 0) is 10.8 Å². The van der Waals surface area contributed by atoms with Gasteiger partial charge in [0.15, 0.2) is 0 Å². The first-order valence-electron chi connectivity index (χ1n) is 5.59. The molecule has 0 spiro atoms. The van der Waals surface area contributed by atoms with Crippen LogP contribution in [-0.4, -0.2) is 39.9 Å². The summed E-state index contributed by atoms with van der Waals surface area (Å²) in [6.45, 7) is 1.92. The van der Waals surface area contributed by atoms with E-state index in [0.717, 1.165) is 0 Å². The molecule has 6 nitrogen and oxygen atoms in total. The molecule has 1 aromatic carbocycles. The van der Waals surface area contributed by atoms with Crippen LogP contribution >= 0.6 is 0 Å². The van der Waals surface area contributed by atoms with Gasteiger partial charge in [0.25, 0.3) is 0 Å². The molecule has 1 aromatic rings. The maximum Gasteiger partial charge on any atom is 0.336 e. The molecule has 0 radical (unpaired) electrons. The number of carboxylic acids is 1. The van der Waals surface area contributed by atoms with Crippen LogP contribution in [0.3, 0.4) is 0 Å². The van der Waals surface area contributed by atoms with Crippen molar-refractivity contribution in [1.82, 2.24) is 5.32 Å². The fourth-order valence-corrected chi connectivity index (χ4v) is 1.87. The number of carbonyl (C=O) groups excluding carboxylic acids is 1. The van der Waals surface area contributed by atoms with E-state index in [0.29, 0.717) is 23.5 Å². The van der Waals surface area contributed by atoms with E-state index in [4.69, 9.17) is 5.11 Å². The quantitative estimate of drug-likeness (QED) is 0.757. The minimum atomic E-state index is -1.04. The smallest absolute Gasteiger partial charge is 0.336 e. The molecule has 1 atom stereocenters. The van der Waals surface area contributed by atoms with Crippen molar-refractivity contribution in [2.24, 2.45) is 0 Å². The number of urea groups is 1. The Bertz CT molecular complexity index is 516. The van der Waals surface area contributed by atoms with E-state index >= 15 is 0 Å². The first-order chi connectivity index (χ1) is 8.91. The molecule has 0 saturated carbocycles. The van der Waals surface area contributed by atoms with Gasteiger partial charge in [-0.05, 0) is 24.6 Å². The van der Waals surface area contributed by atoms with E-state index in [-0.39, 0.29) is 5.56 Å². The molecule has 0 fully saturated rings. The predicted octanol–water partition coefficient (Wildman–Crippen LogP) is 1.19. The van der Waals surface area contributed by atoms with Crippen LogP contribution in [0.4, 0.5) is 10.5 Å². The second-order valence-corrected chi connectivity index (χ2v) is 5.50. The molecule has 0 heterocycles. The zero-order chi connectivity index (χ0) is 14.4. The zero-order valence-electron chi connectivity index (χ0n) is 10.7. The molecule has 7 heteroatoms. The molecule has 2 amide bonds. The maximum atomic E-state index is 11.6. The second kappa shape index (κ2) is 6.89. The minimum absolute atomic E-state index is 0.146. The van der Waals surface area contributed by atoms with E-state index in [1.165, 1.54) is 6.07 Å². The van der Waals surface area contributed by atoms with Gasteiger partial charge in [0.05, 0.1) is 5.56 Å². The second-order valence-electron chi connectivity index (χ2n) is 3.94. The molecule has 19 heavy (non-hydrogen) atoms. The van der Waals surface area contributed by atoms with Crippen molar-refractivity contribution < 1.29 is 18.9 Å². The third-order valence-corrected chi connectivity index (χ3v) is 3.27. The molecule has 1 rings (SSSR count). The van der Waals surface area contributed by atoms with Crippen molar-refractivity contribution in [3.05, 3.63) is 29.3 Å². The van der Waals surface area contributed by atoms with Crippen LogP contribution in [0, 0.1) is 6.92 Å². The number of hydrogen-bond donors (Lipinski definition) is 3. The number of amides is 2. The van der Waals surface area contributed by atoms with Crippen LogP contribution in [0.1, 0.15) is 15.9 Å². The Labute approximate surface area is 113 Å². The van der Waals surface area contributed by atoms with Crippen LogP contribution in [0.5, 0.6) is 0 Å². The predicted molar refractivity (Wildman–Crippen MR) is 74.1 cm³/mol. The Kier molecular flexibility index (Phi) is 5.50. The van der Waals surface area contributed by atoms with E-state index in [9.17, 15) is 13.8 Å². The van der Waals surface area contributed by atoms with E-state index in [2.05, 4.69) is 10.6 Å². The number of aromatic carboxylic acids is 1. The lowest BCUT2D eigenvalue weighted by molar-refractivity contribution is 0.0696. The maximum absolute atomic E-state index is 11.6. The number of hydrogen-bond acceptors (Lipinski definition) is 3. The van der Waals surface area contributed by atoms with Crippen molar-refractivity contribution >= 4 is 28.5 Å². The Balaban J connectivity index is 2.67. The summed E-state index contributed by atoms with van der Waals surface area (Å²) in [5.74, 6) is -0.662. The summed E-state index contributed by atoms with van der Waals surface area (Å²) in [5.41, 5.74) is 1.08. The number of anilines is 1. The van der Waals surface area contributed by atoms with Crippen molar-refractivity contribution in [2.75, 3.05) is 23.9 Å². The zero-order valence-corrected chi connectivity index (χ0v) is 11.5. The average Bonchev–Trinajstić information content (AvgIpc) is 2.31. The fraction of sp³-hybridized carbons (Fsp3) is 0.333. The molecule has 0 aliphatic heterocycles. The number of benzene rings is 1. The highest BCUT2D eigenvalue weighted by Gasteiger charge is 2.11. The summed E-state index contributed by atoms with van der Waals surface area (Å²) in [7, 11) is -0.963. The van der Waals surface area contributed by atoms with Gasteiger partial charge in [-0.25, -0.2) is 9.59 Å².